The second-order valence-electron chi connectivity index (χ2n) is 9.39. The fourth-order valence-electron chi connectivity index (χ4n) is 3.89. The van der Waals surface area contributed by atoms with Gasteiger partial charge in [0.1, 0.15) is 11.4 Å². The molecule has 0 saturated carbocycles. The number of hydrogen-bond acceptors (Lipinski definition) is 7. The summed E-state index contributed by atoms with van der Waals surface area (Å²) in [5.41, 5.74) is 6.14. The lowest BCUT2D eigenvalue weighted by atomic mass is 9.97. The maximum absolute atomic E-state index is 13.4. The summed E-state index contributed by atoms with van der Waals surface area (Å²) in [5.74, 6) is -0.312. The minimum Gasteiger partial charge on any atom is -0.390 e. The molecule has 11 heteroatoms. The third-order valence-corrected chi connectivity index (χ3v) is 5.68. The molecule has 0 spiro atoms. The zero-order valence-electron chi connectivity index (χ0n) is 20.1. The first-order valence-corrected chi connectivity index (χ1v) is 11.7. The largest absolute Gasteiger partial charge is 0.421 e. The van der Waals surface area contributed by atoms with Crippen molar-refractivity contribution in [1.82, 2.24) is 14.9 Å². The number of halogens is 3. The Morgan fingerprint density at radius 3 is 2.66 bits per heavy atom. The second kappa shape index (κ2) is 11.2. The number of rotatable bonds is 10. The molecule has 1 aromatic heterocycles. The number of amides is 1. The average molecular weight is 495 g/mol. The van der Waals surface area contributed by atoms with Gasteiger partial charge in [-0.1, -0.05) is 12.5 Å². The Labute approximate surface area is 203 Å². The first kappa shape index (κ1) is 26.7. The Hall–Kier alpha value is -2.92. The van der Waals surface area contributed by atoms with E-state index in [9.17, 15) is 23.1 Å². The number of carbonyl (C=O) groups excluding carboxylic acids is 1. The summed E-state index contributed by atoms with van der Waals surface area (Å²) in [6.07, 6.45) is -0.796. The quantitative estimate of drug-likeness (QED) is 0.371. The van der Waals surface area contributed by atoms with E-state index in [-0.39, 0.29) is 24.1 Å². The van der Waals surface area contributed by atoms with Gasteiger partial charge in [0, 0.05) is 31.5 Å². The third-order valence-electron chi connectivity index (χ3n) is 5.68. The molecule has 1 amide bonds. The zero-order valence-corrected chi connectivity index (χ0v) is 20.1. The number of benzene rings is 1. The first-order chi connectivity index (χ1) is 16.5. The van der Waals surface area contributed by atoms with Gasteiger partial charge in [-0.2, -0.15) is 18.2 Å². The van der Waals surface area contributed by atoms with Crippen LogP contribution in [-0.2, 0) is 23.9 Å². The predicted molar refractivity (Wildman–Crippen MR) is 128 cm³/mol. The summed E-state index contributed by atoms with van der Waals surface area (Å²) in [6, 6.07) is 5.56. The Kier molecular flexibility index (Phi) is 8.55. The fraction of sp³-hybridized carbons (Fsp3) is 0.542. The van der Waals surface area contributed by atoms with Crippen LogP contribution in [0.2, 0.25) is 0 Å². The van der Waals surface area contributed by atoms with E-state index in [1.54, 1.807) is 24.8 Å². The molecule has 0 bridgehead atoms. The van der Waals surface area contributed by atoms with Gasteiger partial charge >= 0.3 is 6.18 Å². The number of alkyl halides is 3. The monoisotopic (exact) mass is 494 g/mol. The van der Waals surface area contributed by atoms with Crippen molar-refractivity contribution in [1.29, 1.82) is 0 Å². The van der Waals surface area contributed by atoms with Crippen molar-refractivity contribution in [3.05, 3.63) is 41.1 Å². The highest BCUT2D eigenvalue weighted by molar-refractivity contribution is 5.77. The topological polar surface area (TPSA) is 116 Å². The molecule has 0 saturated heterocycles. The number of fused-ring (bicyclic) bond motifs is 1. The Morgan fingerprint density at radius 2 is 1.97 bits per heavy atom. The molecule has 1 aliphatic rings. The van der Waals surface area contributed by atoms with Crippen molar-refractivity contribution in [2.24, 2.45) is 5.73 Å². The predicted octanol–water partition coefficient (Wildman–Crippen LogP) is 3.83. The van der Waals surface area contributed by atoms with Crippen LogP contribution in [0.15, 0.2) is 24.4 Å². The average Bonchev–Trinajstić information content (AvgIpc) is 2.77. The molecule has 0 unspecified atom stereocenters. The number of carbonyl (C=O) groups is 1. The van der Waals surface area contributed by atoms with Gasteiger partial charge in [-0.3, -0.25) is 4.79 Å². The van der Waals surface area contributed by atoms with E-state index < -0.39 is 17.3 Å². The van der Waals surface area contributed by atoms with Crippen molar-refractivity contribution in [3.63, 3.8) is 0 Å². The smallest absolute Gasteiger partial charge is 0.390 e. The summed E-state index contributed by atoms with van der Waals surface area (Å²) >= 11 is 0. The number of nitrogens with zero attached hydrogens (tertiary/aromatic N) is 3. The van der Waals surface area contributed by atoms with Crippen LogP contribution in [0.1, 0.15) is 56.2 Å². The summed E-state index contributed by atoms with van der Waals surface area (Å²) in [4.78, 5) is 22.1. The molecule has 35 heavy (non-hydrogen) atoms. The Morgan fingerprint density at radius 1 is 1.20 bits per heavy atom. The fourth-order valence-corrected chi connectivity index (χ4v) is 3.89. The Bertz CT molecular complexity index is 1020. The van der Waals surface area contributed by atoms with Crippen LogP contribution in [-0.4, -0.2) is 51.1 Å². The summed E-state index contributed by atoms with van der Waals surface area (Å²) in [7, 11) is 0. The molecule has 5 N–H and O–H groups in total. The standard InChI is InChI=1S/C24H33F3N6O2/c1-23(2,35)13-20(34)33-11-8-16-12-18(7-6-17(16)15-33)31-22-30-14-19(24(25,26)27)21(32-22)29-10-5-3-4-9-28/h6-7,12,14,35H,3-5,8-11,13,15,28H2,1-2H3,(H2,29,30,31,32). The molecule has 8 nitrogen and oxygen atoms in total. The minimum atomic E-state index is -4.57. The highest BCUT2D eigenvalue weighted by atomic mass is 19.4. The first-order valence-electron chi connectivity index (χ1n) is 11.7. The summed E-state index contributed by atoms with van der Waals surface area (Å²) < 4.78 is 40.2. The Balaban J connectivity index is 1.70. The van der Waals surface area contributed by atoms with Gasteiger partial charge in [-0.05, 0) is 62.9 Å². The van der Waals surface area contributed by atoms with Crippen molar-refractivity contribution in [2.45, 2.75) is 64.3 Å². The molecular formula is C24H33F3N6O2. The molecular weight excluding hydrogens is 461 g/mol. The number of aromatic nitrogens is 2. The van der Waals surface area contributed by atoms with Gasteiger partial charge in [0.25, 0.3) is 0 Å². The van der Waals surface area contributed by atoms with Crippen LogP contribution >= 0.6 is 0 Å². The molecule has 0 radical (unpaired) electrons. The summed E-state index contributed by atoms with van der Waals surface area (Å²) in [5, 5.41) is 15.7. The van der Waals surface area contributed by atoms with E-state index in [0.717, 1.165) is 30.2 Å². The molecule has 192 valence electrons. The lowest BCUT2D eigenvalue weighted by molar-refractivity contribution is -0.137. The van der Waals surface area contributed by atoms with Crippen LogP contribution in [0.4, 0.5) is 30.6 Å². The highest BCUT2D eigenvalue weighted by Crippen LogP contribution is 2.34. The van der Waals surface area contributed by atoms with Gasteiger partial charge < -0.3 is 26.4 Å². The molecule has 2 aromatic rings. The van der Waals surface area contributed by atoms with E-state index in [0.29, 0.717) is 44.7 Å². The zero-order chi connectivity index (χ0) is 25.6. The van der Waals surface area contributed by atoms with E-state index in [1.165, 1.54) is 0 Å². The molecule has 1 aliphatic heterocycles. The summed E-state index contributed by atoms with van der Waals surface area (Å²) in [6.45, 7) is 5.08. The third kappa shape index (κ3) is 7.79. The number of nitrogens with two attached hydrogens (primary N) is 1. The number of unbranched alkanes of at least 4 members (excludes halogenated alkanes) is 2. The second-order valence-corrected chi connectivity index (χ2v) is 9.39. The van der Waals surface area contributed by atoms with Crippen molar-refractivity contribution in [2.75, 3.05) is 30.3 Å². The van der Waals surface area contributed by atoms with Gasteiger partial charge in [-0.25, -0.2) is 4.98 Å². The molecule has 0 fully saturated rings. The normalized spacial score (nSPS) is 14.0. The van der Waals surface area contributed by atoms with Crippen molar-refractivity contribution in [3.8, 4) is 0 Å². The molecule has 0 aliphatic carbocycles. The van der Waals surface area contributed by atoms with E-state index in [1.807, 2.05) is 12.1 Å². The van der Waals surface area contributed by atoms with Crippen LogP contribution in [0, 0.1) is 0 Å². The maximum atomic E-state index is 13.4. The highest BCUT2D eigenvalue weighted by Gasteiger charge is 2.35. The molecule has 2 heterocycles. The molecule has 1 aromatic carbocycles. The van der Waals surface area contributed by atoms with Crippen LogP contribution in [0.5, 0.6) is 0 Å². The number of anilines is 3. The molecule has 0 atom stereocenters. The van der Waals surface area contributed by atoms with Crippen molar-refractivity contribution >= 4 is 23.4 Å². The van der Waals surface area contributed by atoms with Gasteiger partial charge in [-0.15, -0.1) is 0 Å². The van der Waals surface area contributed by atoms with Crippen LogP contribution in [0.25, 0.3) is 0 Å². The molecule has 3 rings (SSSR count). The van der Waals surface area contributed by atoms with Crippen LogP contribution < -0.4 is 16.4 Å². The van der Waals surface area contributed by atoms with Gasteiger partial charge in [0.15, 0.2) is 0 Å². The number of aliphatic hydroxyl groups is 1. The van der Waals surface area contributed by atoms with Gasteiger partial charge in [0.2, 0.25) is 11.9 Å². The van der Waals surface area contributed by atoms with E-state index in [4.69, 9.17) is 5.73 Å². The van der Waals surface area contributed by atoms with Gasteiger partial charge in [0.05, 0.1) is 12.0 Å². The van der Waals surface area contributed by atoms with Crippen LogP contribution in [0.3, 0.4) is 0 Å². The number of nitrogens with one attached hydrogen (secondary N) is 2. The van der Waals surface area contributed by atoms with E-state index in [2.05, 4.69) is 20.6 Å². The van der Waals surface area contributed by atoms with E-state index >= 15 is 0 Å². The lowest BCUT2D eigenvalue weighted by Gasteiger charge is -2.31. The lowest BCUT2D eigenvalue weighted by Crippen LogP contribution is -2.39. The minimum absolute atomic E-state index is 0.0522. The van der Waals surface area contributed by atoms with Crippen molar-refractivity contribution < 1.29 is 23.1 Å². The maximum Gasteiger partial charge on any atom is 0.421 e. The number of hydrogen-bond donors (Lipinski definition) is 4. The SMILES string of the molecule is CC(C)(O)CC(=O)N1CCc2cc(Nc3ncc(C(F)(F)F)c(NCCCCCN)n3)ccc2C1.